The quantitative estimate of drug-likeness (QED) is 0.517. The van der Waals surface area contributed by atoms with Crippen molar-refractivity contribution in [1.82, 2.24) is 10.3 Å². The fraction of sp³-hybridized carbons (Fsp3) is 0.273. The molecule has 3 nitrogen and oxygen atoms in total. The summed E-state index contributed by atoms with van der Waals surface area (Å²) < 4.78 is 0.718. The first-order chi connectivity index (χ1) is 7.24. The van der Waals surface area contributed by atoms with Crippen LogP contribution in [0.5, 0.6) is 0 Å². The van der Waals surface area contributed by atoms with Crippen LogP contribution in [-0.2, 0) is 0 Å². The molecule has 0 aliphatic carbocycles. The van der Waals surface area contributed by atoms with E-state index in [1.54, 1.807) is 19.1 Å². The van der Waals surface area contributed by atoms with Gasteiger partial charge in [0.1, 0.15) is 4.60 Å². The fourth-order valence-corrected chi connectivity index (χ4v) is 1.21. The highest BCUT2D eigenvalue weighted by Gasteiger charge is 2.03. The van der Waals surface area contributed by atoms with Gasteiger partial charge < -0.3 is 5.32 Å². The van der Waals surface area contributed by atoms with E-state index in [4.69, 9.17) is 0 Å². The molecule has 1 N–H and O–H groups in total. The summed E-state index contributed by atoms with van der Waals surface area (Å²) in [6.45, 7) is 2.34. The van der Waals surface area contributed by atoms with E-state index >= 15 is 0 Å². The van der Waals surface area contributed by atoms with Crippen LogP contribution in [0.3, 0.4) is 0 Å². The van der Waals surface area contributed by atoms with Crippen LogP contribution in [0.15, 0.2) is 22.9 Å². The smallest absolute Gasteiger partial charge is 0.252 e. The summed E-state index contributed by atoms with van der Waals surface area (Å²) in [4.78, 5) is 15.5. The minimum absolute atomic E-state index is 0.118. The molecule has 4 heteroatoms. The molecule has 78 valence electrons. The molecule has 0 aliphatic heterocycles. The molecule has 0 spiro atoms. The van der Waals surface area contributed by atoms with E-state index in [-0.39, 0.29) is 5.91 Å². The van der Waals surface area contributed by atoms with Gasteiger partial charge in [0.25, 0.3) is 5.91 Å². The van der Waals surface area contributed by atoms with Crippen LogP contribution in [0, 0.1) is 11.8 Å². The van der Waals surface area contributed by atoms with Crippen molar-refractivity contribution < 1.29 is 4.79 Å². The molecule has 0 aromatic carbocycles. The Balaban J connectivity index is 2.46. The molecule has 1 aromatic heterocycles. The Morgan fingerprint density at radius 3 is 3.00 bits per heavy atom. The Kier molecular flexibility index (Phi) is 4.85. The normalized spacial score (nSPS) is 8.93. The Hall–Kier alpha value is -1.34. The topological polar surface area (TPSA) is 42.0 Å². The van der Waals surface area contributed by atoms with Crippen molar-refractivity contribution in [3.63, 3.8) is 0 Å². The number of halogens is 1. The molecule has 0 bridgehead atoms. The van der Waals surface area contributed by atoms with Crippen LogP contribution in [-0.4, -0.2) is 17.4 Å². The second kappa shape index (κ2) is 6.20. The zero-order valence-corrected chi connectivity index (χ0v) is 9.97. The lowest BCUT2D eigenvalue weighted by atomic mass is 10.2. The van der Waals surface area contributed by atoms with E-state index in [9.17, 15) is 4.79 Å². The number of nitrogens with one attached hydrogen (secondary N) is 1. The van der Waals surface area contributed by atoms with Gasteiger partial charge in [-0.05, 0) is 35.0 Å². The highest BCUT2D eigenvalue weighted by Crippen LogP contribution is 2.05. The summed E-state index contributed by atoms with van der Waals surface area (Å²) in [5.41, 5.74) is 0.558. The van der Waals surface area contributed by atoms with Gasteiger partial charge in [0.15, 0.2) is 0 Å². The molecule has 0 saturated heterocycles. The summed E-state index contributed by atoms with van der Waals surface area (Å²) in [6.07, 6.45) is 2.21. The fourth-order valence-electron chi connectivity index (χ4n) is 0.976. The molecule has 1 amide bonds. The molecule has 0 radical (unpaired) electrons. The Labute approximate surface area is 97.4 Å². The molecular formula is C11H11BrN2O. The maximum Gasteiger partial charge on any atom is 0.252 e. The second-order valence-electron chi connectivity index (χ2n) is 2.80. The molecule has 0 atom stereocenters. The number of nitrogens with zero attached hydrogens (tertiary/aromatic N) is 1. The number of hydrogen-bond acceptors (Lipinski definition) is 2. The van der Waals surface area contributed by atoms with Crippen molar-refractivity contribution >= 4 is 21.8 Å². The standard InChI is InChI=1S/C11H11BrN2O/c1-2-3-4-7-13-11(15)9-5-6-10(12)14-8-9/h5-6,8H,4,7H2,1H3,(H,13,15). The van der Waals surface area contributed by atoms with Crippen LogP contribution in [0.4, 0.5) is 0 Å². The zero-order chi connectivity index (χ0) is 11.1. The third kappa shape index (κ3) is 4.13. The Morgan fingerprint density at radius 2 is 2.40 bits per heavy atom. The summed E-state index contributed by atoms with van der Waals surface area (Å²) in [7, 11) is 0. The molecule has 1 heterocycles. The van der Waals surface area contributed by atoms with Gasteiger partial charge in [-0.15, -0.1) is 11.8 Å². The number of aromatic nitrogens is 1. The highest BCUT2D eigenvalue weighted by atomic mass is 79.9. The summed E-state index contributed by atoms with van der Waals surface area (Å²) in [5.74, 6) is 5.53. The molecule has 1 rings (SSSR count). The largest absolute Gasteiger partial charge is 0.351 e. The van der Waals surface area contributed by atoms with Gasteiger partial charge in [0.05, 0.1) is 5.56 Å². The first kappa shape index (κ1) is 11.7. The van der Waals surface area contributed by atoms with Gasteiger partial charge >= 0.3 is 0 Å². The molecule has 0 fully saturated rings. The van der Waals surface area contributed by atoms with Crippen molar-refractivity contribution in [2.45, 2.75) is 13.3 Å². The first-order valence-electron chi connectivity index (χ1n) is 4.53. The predicted octanol–water partition coefficient (Wildman–Crippen LogP) is 1.99. The Morgan fingerprint density at radius 1 is 1.60 bits per heavy atom. The van der Waals surface area contributed by atoms with Gasteiger partial charge in [-0.1, -0.05) is 0 Å². The van der Waals surface area contributed by atoms with Crippen molar-refractivity contribution in [1.29, 1.82) is 0 Å². The van der Waals surface area contributed by atoms with Crippen molar-refractivity contribution in [2.75, 3.05) is 6.54 Å². The predicted molar refractivity (Wildman–Crippen MR) is 62.3 cm³/mol. The van der Waals surface area contributed by atoms with E-state index in [0.29, 0.717) is 18.5 Å². The van der Waals surface area contributed by atoms with Crippen molar-refractivity contribution in [3.05, 3.63) is 28.5 Å². The monoisotopic (exact) mass is 266 g/mol. The van der Waals surface area contributed by atoms with Gasteiger partial charge in [0, 0.05) is 19.2 Å². The van der Waals surface area contributed by atoms with Gasteiger partial charge in [-0.3, -0.25) is 4.79 Å². The lowest BCUT2D eigenvalue weighted by molar-refractivity contribution is 0.0954. The van der Waals surface area contributed by atoms with Gasteiger partial charge in [-0.2, -0.15) is 0 Å². The molecule has 0 unspecified atom stereocenters. The van der Waals surface area contributed by atoms with E-state index in [2.05, 4.69) is 38.1 Å². The van der Waals surface area contributed by atoms with E-state index in [0.717, 1.165) is 4.60 Å². The van der Waals surface area contributed by atoms with E-state index in [1.807, 2.05) is 0 Å². The third-order valence-electron chi connectivity index (χ3n) is 1.70. The lowest BCUT2D eigenvalue weighted by Gasteiger charge is -2.02. The minimum Gasteiger partial charge on any atom is -0.351 e. The Bertz CT molecular complexity index is 389. The van der Waals surface area contributed by atoms with E-state index < -0.39 is 0 Å². The molecule has 1 aromatic rings. The summed E-state index contributed by atoms with van der Waals surface area (Å²) in [6, 6.07) is 3.46. The van der Waals surface area contributed by atoms with Gasteiger partial charge in [-0.25, -0.2) is 4.98 Å². The number of carbonyl (C=O) groups excluding carboxylic acids is 1. The first-order valence-corrected chi connectivity index (χ1v) is 5.32. The average Bonchev–Trinajstić information content (AvgIpc) is 2.25. The summed E-state index contributed by atoms with van der Waals surface area (Å²) in [5, 5.41) is 2.76. The summed E-state index contributed by atoms with van der Waals surface area (Å²) >= 11 is 3.21. The second-order valence-corrected chi connectivity index (χ2v) is 3.61. The molecule has 0 aliphatic rings. The number of hydrogen-bond donors (Lipinski definition) is 1. The number of rotatable bonds is 3. The number of carbonyl (C=O) groups is 1. The third-order valence-corrected chi connectivity index (χ3v) is 2.17. The molecular weight excluding hydrogens is 256 g/mol. The molecule has 0 saturated carbocycles. The molecule has 15 heavy (non-hydrogen) atoms. The highest BCUT2D eigenvalue weighted by molar-refractivity contribution is 9.10. The number of pyridine rings is 1. The van der Waals surface area contributed by atoms with Crippen LogP contribution in [0.25, 0.3) is 0 Å². The SMILES string of the molecule is CC#CCCNC(=O)c1ccc(Br)nc1. The average molecular weight is 267 g/mol. The number of amides is 1. The van der Waals surface area contributed by atoms with Crippen molar-refractivity contribution in [3.8, 4) is 11.8 Å². The minimum atomic E-state index is -0.118. The van der Waals surface area contributed by atoms with E-state index in [1.165, 1.54) is 6.20 Å². The zero-order valence-electron chi connectivity index (χ0n) is 8.38. The van der Waals surface area contributed by atoms with Crippen LogP contribution < -0.4 is 5.32 Å². The van der Waals surface area contributed by atoms with Crippen LogP contribution in [0.2, 0.25) is 0 Å². The van der Waals surface area contributed by atoms with Crippen LogP contribution in [0.1, 0.15) is 23.7 Å². The maximum absolute atomic E-state index is 11.5. The van der Waals surface area contributed by atoms with Crippen LogP contribution >= 0.6 is 15.9 Å². The lowest BCUT2D eigenvalue weighted by Crippen LogP contribution is -2.24. The van der Waals surface area contributed by atoms with Crippen molar-refractivity contribution in [2.24, 2.45) is 0 Å². The maximum atomic E-state index is 11.5. The van der Waals surface area contributed by atoms with Gasteiger partial charge in [0.2, 0.25) is 0 Å².